The van der Waals surface area contributed by atoms with Gasteiger partial charge in [-0.3, -0.25) is 4.79 Å². The summed E-state index contributed by atoms with van der Waals surface area (Å²) in [5.74, 6) is -3.06. The van der Waals surface area contributed by atoms with E-state index in [9.17, 15) is 72.5 Å². The molecule has 0 saturated heterocycles. The number of carbonyl (C=O) groups is 2. The summed E-state index contributed by atoms with van der Waals surface area (Å²) in [7, 11) is 0. The first-order chi connectivity index (χ1) is 23.8. The Kier molecular flexibility index (Phi) is 11.0. The van der Waals surface area contributed by atoms with Crippen LogP contribution in [0.3, 0.4) is 0 Å². The Morgan fingerprint density at radius 3 is 1.13 bits per heavy atom. The van der Waals surface area contributed by atoms with Gasteiger partial charge < -0.3 is 31.5 Å². The molecular formula is C32H22F12N2O6. The first-order valence-corrected chi connectivity index (χ1v) is 13.8. The molecule has 0 heterocycles. The van der Waals surface area contributed by atoms with Crippen molar-refractivity contribution in [2.75, 3.05) is 11.5 Å². The number of anilines is 2. The van der Waals surface area contributed by atoms with E-state index in [1.54, 1.807) is 0 Å². The lowest BCUT2D eigenvalue weighted by atomic mass is 9.72. The van der Waals surface area contributed by atoms with Gasteiger partial charge in [-0.15, -0.1) is 0 Å². The summed E-state index contributed by atoms with van der Waals surface area (Å²) in [6.45, 7) is -0.0274. The molecule has 0 aliphatic rings. The molecule has 0 saturated carbocycles. The summed E-state index contributed by atoms with van der Waals surface area (Å²) >= 11 is 0. The number of ether oxygens (including phenoxy) is 1. The second kappa shape index (κ2) is 14.1. The number of halogens is 12. The predicted molar refractivity (Wildman–Crippen MR) is 157 cm³/mol. The molecule has 4 rings (SSSR count). The predicted octanol–water partition coefficient (Wildman–Crippen LogP) is 8.00. The number of nitrogens with two attached hydrogens (primary N) is 2. The molecule has 0 aromatic heterocycles. The third kappa shape index (κ3) is 7.17. The number of nitrogen functional groups attached to an aromatic ring is 2. The van der Waals surface area contributed by atoms with Gasteiger partial charge in [-0.05, 0) is 70.8 Å². The number of carboxylic acids is 1. The van der Waals surface area contributed by atoms with Gasteiger partial charge in [0, 0.05) is 0 Å². The van der Waals surface area contributed by atoms with Gasteiger partial charge in [0.1, 0.15) is 17.2 Å². The Labute approximate surface area is 283 Å². The van der Waals surface area contributed by atoms with Gasteiger partial charge in [-0.2, -0.15) is 52.7 Å². The highest BCUT2D eigenvalue weighted by Gasteiger charge is 2.73. The lowest BCUT2D eigenvalue weighted by Gasteiger charge is -2.38. The quantitative estimate of drug-likeness (QED) is 0.0550. The number of hydrogen-bond donors (Lipinski definition) is 5. The summed E-state index contributed by atoms with van der Waals surface area (Å²) in [5.41, 5.74) is -4.90. The maximum Gasteiger partial charge on any atom is 0.411 e. The molecule has 52 heavy (non-hydrogen) atoms. The van der Waals surface area contributed by atoms with Gasteiger partial charge in [-0.25, -0.2) is 4.79 Å². The number of aromatic carboxylic acids is 1. The smallest absolute Gasteiger partial charge is 0.411 e. The Balaban J connectivity index is 0.000000281. The fourth-order valence-corrected chi connectivity index (χ4v) is 5.24. The minimum atomic E-state index is -5.82. The number of hydrogen-bond acceptors (Lipinski definition) is 7. The number of benzene rings is 4. The summed E-state index contributed by atoms with van der Waals surface area (Å²) in [6, 6.07) is 7.99. The second-order valence-electron chi connectivity index (χ2n) is 10.7. The number of phenols is 2. The molecule has 0 radical (unpaired) electrons. The maximum absolute atomic E-state index is 13.8. The standard InChI is InChI=1S/C17H10F6O4.C15H12F6N2O2/c18-16(19,20)15(17(21,22)23,11-3-1-10(2-4-11)14(25)26)12-5-7-13(8-6-12)27-9-24;16-14(17,18)13(15(19,20)21,7-1-3-11(24)9(22)5-7)8-2-4-12(25)10(23)6-8/h1-9H,(H,25,26);1-6,24-25H,22-23H2. The Hall–Kier alpha value is -5.82. The third-order valence-electron chi connectivity index (χ3n) is 7.66. The highest BCUT2D eigenvalue weighted by atomic mass is 19.4. The Morgan fingerprint density at radius 1 is 0.538 bits per heavy atom. The van der Waals surface area contributed by atoms with Crippen molar-refractivity contribution in [3.05, 3.63) is 113 Å². The van der Waals surface area contributed by atoms with Crippen molar-refractivity contribution in [2.45, 2.75) is 35.5 Å². The fourth-order valence-electron chi connectivity index (χ4n) is 5.24. The van der Waals surface area contributed by atoms with E-state index in [-0.39, 0.29) is 12.2 Å². The average molecular weight is 759 g/mol. The van der Waals surface area contributed by atoms with E-state index in [1.807, 2.05) is 0 Å². The maximum atomic E-state index is 13.8. The van der Waals surface area contributed by atoms with E-state index >= 15 is 0 Å². The van der Waals surface area contributed by atoms with Crippen LogP contribution in [-0.4, -0.2) is 52.5 Å². The molecule has 280 valence electrons. The topological polar surface area (TPSA) is 156 Å². The number of rotatable bonds is 7. The molecule has 0 aliphatic heterocycles. The van der Waals surface area contributed by atoms with Crippen LogP contribution in [0, 0.1) is 0 Å². The highest BCUT2D eigenvalue weighted by Crippen LogP contribution is 2.58. The molecule has 7 N–H and O–H groups in total. The zero-order valence-electron chi connectivity index (χ0n) is 25.4. The summed E-state index contributed by atoms with van der Waals surface area (Å²) in [6.07, 6.45) is -23.2. The molecule has 0 atom stereocenters. The summed E-state index contributed by atoms with van der Waals surface area (Å²) in [4.78, 5) is 21.1. The van der Waals surface area contributed by atoms with E-state index in [0.717, 1.165) is 12.1 Å². The van der Waals surface area contributed by atoms with Gasteiger partial charge in [0.2, 0.25) is 10.8 Å². The minimum absolute atomic E-state index is 0.0274. The number of carbonyl (C=O) groups excluding carboxylic acids is 1. The first kappa shape index (κ1) is 40.6. The van der Waals surface area contributed by atoms with Crippen LogP contribution in [0.25, 0.3) is 0 Å². The number of aromatic hydroxyl groups is 2. The summed E-state index contributed by atoms with van der Waals surface area (Å²) in [5, 5.41) is 27.5. The molecule has 4 aromatic rings. The van der Waals surface area contributed by atoms with E-state index in [1.165, 1.54) is 0 Å². The molecule has 0 bridgehead atoms. The van der Waals surface area contributed by atoms with Crippen LogP contribution in [-0.2, 0) is 15.6 Å². The van der Waals surface area contributed by atoms with Crippen molar-refractivity contribution in [3.63, 3.8) is 0 Å². The van der Waals surface area contributed by atoms with Crippen LogP contribution in [0.1, 0.15) is 32.6 Å². The lowest BCUT2D eigenvalue weighted by molar-refractivity contribution is -0.290. The molecule has 20 heteroatoms. The van der Waals surface area contributed by atoms with Crippen LogP contribution in [0.5, 0.6) is 17.2 Å². The van der Waals surface area contributed by atoms with Gasteiger partial charge in [0.15, 0.2) is 0 Å². The van der Waals surface area contributed by atoms with Crippen molar-refractivity contribution in [1.82, 2.24) is 0 Å². The molecule has 0 amide bonds. The van der Waals surface area contributed by atoms with Crippen molar-refractivity contribution >= 4 is 23.8 Å². The van der Waals surface area contributed by atoms with Crippen LogP contribution in [0.15, 0.2) is 84.9 Å². The molecule has 0 fully saturated rings. The van der Waals surface area contributed by atoms with Crippen LogP contribution < -0.4 is 16.2 Å². The number of alkyl halides is 12. The molecule has 8 nitrogen and oxygen atoms in total. The third-order valence-corrected chi connectivity index (χ3v) is 7.66. The monoisotopic (exact) mass is 758 g/mol. The van der Waals surface area contributed by atoms with Gasteiger partial charge in [0.05, 0.1) is 16.9 Å². The van der Waals surface area contributed by atoms with Gasteiger partial charge >= 0.3 is 30.7 Å². The van der Waals surface area contributed by atoms with Crippen LogP contribution in [0.2, 0.25) is 0 Å². The van der Waals surface area contributed by atoms with Gasteiger partial charge in [-0.1, -0.05) is 36.4 Å². The molecule has 0 aliphatic carbocycles. The number of carboxylic acid groups (broad SMARTS) is 1. The van der Waals surface area contributed by atoms with Crippen molar-refractivity contribution < 1.29 is 82.3 Å². The lowest BCUT2D eigenvalue weighted by Crippen LogP contribution is -2.54. The fraction of sp³-hybridized carbons (Fsp3) is 0.188. The van der Waals surface area contributed by atoms with E-state index in [0.29, 0.717) is 72.8 Å². The molecule has 4 aromatic carbocycles. The molecular weight excluding hydrogens is 736 g/mol. The van der Waals surface area contributed by atoms with E-state index in [2.05, 4.69) is 4.74 Å². The van der Waals surface area contributed by atoms with Crippen molar-refractivity contribution in [2.24, 2.45) is 0 Å². The SMILES string of the molecule is Nc1cc(C(c2ccc(O)c(N)c2)(C(F)(F)F)C(F)(F)F)ccc1O.O=COc1ccc(C(c2ccc(C(=O)O)cc2)(C(F)(F)F)C(F)(F)F)cc1. The van der Waals surface area contributed by atoms with E-state index in [4.69, 9.17) is 16.6 Å². The first-order valence-electron chi connectivity index (χ1n) is 13.8. The summed E-state index contributed by atoms with van der Waals surface area (Å²) < 4.78 is 170. The second-order valence-corrected chi connectivity index (χ2v) is 10.7. The minimum Gasteiger partial charge on any atom is -0.506 e. The van der Waals surface area contributed by atoms with E-state index < -0.39 is 92.2 Å². The average Bonchev–Trinajstić information content (AvgIpc) is 3.00. The molecule has 0 unspecified atom stereocenters. The van der Waals surface area contributed by atoms with Crippen molar-refractivity contribution in [1.29, 1.82) is 0 Å². The largest absolute Gasteiger partial charge is 0.506 e. The Morgan fingerprint density at radius 2 is 0.846 bits per heavy atom. The van der Waals surface area contributed by atoms with Crippen molar-refractivity contribution in [3.8, 4) is 17.2 Å². The zero-order valence-corrected chi connectivity index (χ0v) is 25.4. The molecule has 0 spiro atoms. The van der Waals surface area contributed by atoms with Crippen LogP contribution >= 0.6 is 0 Å². The number of phenolic OH excluding ortho intramolecular Hbond substituents is 2. The Bertz CT molecular complexity index is 1820. The normalized spacial score (nSPS) is 12.8. The van der Waals surface area contributed by atoms with Gasteiger partial charge in [0.25, 0.3) is 6.47 Å². The van der Waals surface area contributed by atoms with Crippen LogP contribution in [0.4, 0.5) is 64.1 Å². The highest BCUT2D eigenvalue weighted by molar-refractivity contribution is 5.87. The zero-order chi connectivity index (χ0) is 39.7.